The monoisotopic (exact) mass is 464 g/mol. The smallest absolute Gasteiger partial charge is 0.338 e. The van der Waals surface area contributed by atoms with Crippen molar-refractivity contribution in [2.24, 2.45) is 34.7 Å². The molecule has 1 saturated heterocycles. The van der Waals surface area contributed by atoms with Gasteiger partial charge in [-0.15, -0.1) is 0 Å². The summed E-state index contributed by atoms with van der Waals surface area (Å²) < 4.78 is 5.01. The van der Waals surface area contributed by atoms with Gasteiger partial charge in [-0.25, -0.2) is 4.79 Å². The van der Waals surface area contributed by atoms with Gasteiger partial charge >= 0.3 is 5.97 Å². The third kappa shape index (κ3) is 2.88. The van der Waals surface area contributed by atoms with Crippen LogP contribution in [-0.2, 0) is 19.2 Å². The Bertz CT molecular complexity index is 1190. The molecular formula is C25H21ClN2O5. The first kappa shape index (κ1) is 20.4. The highest BCUT2D eigenvalue weighted by Gasteiger charge is 2.70. The number of amides is 2. The summed E-state index contributed by atoms with van der Waals surface area (Å²) in [4.78, 5) is 45.9. The van der Waals surface area contributed by atoms with E-state index in [2.05, 4.69) is 5.16 Å². The number of nitrogens with zero attached hydrogens (tertiary/aromatic N) is 2. The Morgan fingerprint density at radius 3 is 2.36 bits per heavy atom. The third-order valence-corrected chi connectivity index (χ3v) is 7.72. The fourth-order valence-corrected chi connectivity index (χ4v) is 6.33. The van der Waals surface area contributed by atoms with Crippen LogP contribution in [0.25, 0.3) is 0 Å². The van der Waals surface area contributed by atoms with Crippen molar-refractivity contribution >= 4 is 40.8 Å². The lowest BCUT2D eigenvalue weighted by Gasteiger charge is -2.29. The van der Waals surface area contributed by atoms with E-state index in [1.54, 1.807) is 31.2 Å². The molecule has 0 N–H and O–H groups in total. The van der Waals surface area contributed by atoms with Gasteiger partial charge in [-0.2, -0.15) is 0 Å². The van der Waals surface area contributed by atoms with Crippen molar-refractivity contribution in [3.63, 3.8) is 0 Å². The number of anilines is 1. The van der Waals surface area contributed by atoms with Crippen molar-refractivity contribution < 1.29 is 24.0 Å². The molecule has 6 rings (SSSR count). The predicted molar refractivity (Wildman–Crippen MR) is 120 cm³/mol. The second kappa shape index (κ2) is 7.42. The fourth-order valence-electron chi connectivity index (χ4n) is 6.20. The summed E-state index contributed by atoms with van der Waals surface area (Å²) in [6.45, 7) is 2.02. The molecule has 2 aromatic carbocycles. The van der Waals surface area contributed by atoms with Crippen LogP contribution >= 0.6 is 11.6 Å². The minimum atomic E-state index is -0.433. The molecule has 2 bridgehead atoms. The third-order valence-electron chi connectivity index (χ3n) is 7.47. The first-order valence-electron chi connectivity index (χ1n) is 11.1. The molecule has 0 radical (unpaired) electrons. The molecule has 168 valence electrons. The van der Waals surface area contributed by atoms with Gasteiger partial charge in [-0.1, -0.05) is 28.9 Å². The molecule has 4 aliphatic rings. The van der Waals surface area contributed by atoms with Crippen molar-refractivity contribution in [1.82, 2.24) is 0 Å². The van der Waals surface area contributed by atoms with Gasteiger partial charge < -0.3 is 9.57 Å². The summed E-state index contributed by atoms with van der Waals surface area (Å²) in [5.41, 5.74) is 2.62. The van der Waals surface area contributed by atoms with Gasteiger partial charge in [0, 0.05) is 16.9 Å². The van der Waals surface area contributed by atoms with E-state index in [1.165, 1.54) is 4.90 Å². The number of benzene rings is 2. The van der Waals surface area contributed by atoms with Crippen LogP contribution in [-0.4, -0.2) is 36.2 Å². The van der Waals surface area contributed by atoms with Gasteiger partial charge in [0.05, 0.1) is 35.4 Å². The number of ether oxygens (including phenoxy) is 1. The van der Waals surface area contributed by atoms with E-state index in [1.807, 2.05) is 24.3 Å². The van der Waals surface area contributed by atoms with E-state index in [4.69, 9.17) is 21.2 Å². The summed E-state index contributed by atoms with van der Waals surface area (Å²) in [7, 11) is 0. The number of carbonyl (C=O) groups excluding carboxylic acids is 3. The van der Waals surface area contributed by atoms with Crippen molar-refractivity contribution in [2.75, 3.05) is 11.5 Å². The number of rotatable bonds is 4. The van der Waals surface area contributed by atoms with Crippen molar-refractivity contribution in [3.8, 4) is 0 Å². The van der Waals surface area contributed by atoms with E-state index in [-0.39, 0.29) is 48.2 Å². The SMILES string of the molecule is CCOC(=O)c1ccc(N2C(=O)[C@@H]3[C@H]4C[C@@H]([C@@H]5C(c6ccc(Cl)cc6)=NO[C@@H]45)[C@@H]3C2=O)cc1. The molecule has 2 saturated carbocycles. The van der Waals surface area contributed by atoms with Gasteiger partial charge in [0.1, 0.15) is 6.10 Å². The molecule has 6 atom stereocenters. The lowest BCUT2D eigenvalue weighted by atomic mass is 9.71. The molecule has 3 fully saturated rings. The Morgan fingerprint density at radius 2 is 1.70 bits per heavy atom. The maximum absolute atomic E-state index is 13.5. The normalized spacial score (nSPS) is 31.3. The standard InChI is InChI=1S/C25H21ClN2O5/c1-2-32-25(31)13-5-9-15(10-6-13)28-23(29)18-16-11-17(19(18)24(28)30)22-20(16)21(27-33-22)12-3-7-14(26)8-4-12/h3-10,16-20,22H,2,11H2,1H3/t16-,17-,18+,19-,20-,22+/m1/s1. The summed E-state index contributed by atoms with van der Waals surface area (Å²) >= 11 is 6.03. The quantitative estimate of drug-likeness (QED) is 0.509. The molecule has 0 aromatic heterocycles. The fraction of sp³-hybridized carbons (Fsp3) is 0.360. The Balaban J connectivity index is 1.28. The number of halogens is 1. The number of hydrogen-bond donors (Lipinski definition) is 0. The number of carbonyl (C=O) groups is 3. The zero-order valence-corrected chi connectivity index (χ0v) is 18.6. The van der Waals surface area contributed by atoms with Crippen molar-refractivity contribution in [1.29, 1.82) is 0 Å². The van der Waals surface area contributed by atoms with Crippen LogP contribution in [0.1, 0.15) is 29.3 Å². The number of esters is 1. The first-order valence-corrected chi connectivity index (χ1v) is 11.5. The number of hydrogen-bond acceptors (Lipinski definition) is 6. The number of fused-ring (bicyclic) bond motifs is 8. The summed E-state index contributed by atoms with van der Waals surface area (Å²) in [6, 6.07) is 13.9. The average molecular weight is 465 g/mol. The molecular weight excluding hydrogens is 444 g/mol. The van der Waals surface area contributed by atoms with Crippen LogP contribution in [0, 0.1) is 29.6 Å². The second-order valence-electron chi connectivity index (χ2n) is 8.97. The molecule has 33 heavy (non-hydrogen) atoms. The van der Waals surface area contributed by atoms with Crippen LogP contribution in [0.15, 0.2) is 53.7 Å². The largest absolute Gasteiger partial charge is 0.462 e. The Labute approximate surface area is 195 Å². The van der Waals surface area contributed by atoms with Gasteiger partial charge in [0.25, 0.3) is 0 Å². The van der Waals surface area contributed by atoms with E-state index >= 15 is 0 Å². The van der Waals surface area contributed by atoms with Gasteiger partial charge in [0.2, 0.25) is 11.8 Å². The Hall–Kier alpha value is -3.19. The zero-order chi connectivity index (χ0) is 22.9. The number of imide groups is 1. The molecule has 2 aliphatic carbocycles. The van der Waals surface area contributed by atoms with E-state index in [0.717, 1.165) is 17.7 Å². The molecule has 0 unspecified atom stereocenters. The van der Waals surface area contributed by atoms with Crippen LogP contribution in [0.4, 0.5) is 5.69 Å². The molecule has 2 amide bonds. The molecule has 2 heterocycles. The summed E-state index contributed by atoms with van der Waals surface area (Å²) in [6.07, 6.45) is 0.592. The molecule has 2 aliphatic heterocycles. The lowest BCUT2D eigenvalue weighted by Crippen LogP contribution is -2.41. The van der Waals surface area contributed by atoms with Crippen LogP contribution in [0.2, 0.25) is 5.02 Å². The van der Waals surface area contributed by atoms with Crippen LogP contribution < -0.4 is 4.90 Å². The molecule has 0 spiro atoms. The van der Waals surface area contributed by atoms with Crippen molar-refractivity contribution in [3.05, 3.63) is 64.7 Å². The minimum Gasteiger partial charge on any atom is -0.462 e. The first-order chi connectivity index (χ1) is 16.0. The van der Waals surface area contributed by atoms with Gasteiger partial charge in [0.15, 0.2) is 0 Å². The maximum atomic E-state index is 13.5. The predicted octanol–water partition coefficient (Wildman–Crippen LogP) is 3.69. The van der Waals surface area contributed by atoms with Gasteiger partial charge in [-0.05, 0) is 61.2 Å². The summed E-state index contributed by atoms with van der Waals surface area (Å²) in [5.74, 6) is -1.63. The average Bonchev–Trinajstić information content (AvgIpc) is 3.55. The molecule has 7 nitrogen and oxygen atoms in total. The molecule has 8 heteroatoms. The highest BCUT2D eigenvalue weighted by molar-refractivity contribution is 6.30. The molecule has 2 aromatic rings. The number of oxime groups is 1. The second-order valence-corrected chi connectivity index (χ2v) is 9.41. The van der Waals surface area contributed by atoms with Crippen LogP contribution in [0.3, 0.4) is 0 Å². The topological polar surface area (TPSA) is 85.3 Å². The highest BCUT2D eigenvalue weighted by Crippen LogP contribution is 2.62. The zero-order valence-electron chi connectivity index (χ0n) is 17.8. The van der Waals surface area contributed by atoms with E-state index < -0.39 is 11.9 Å². The maximum Gasteiger partial charge on any atom is 0.338 e. The van der Waals surface area contributed by atoms with E-state index in [0.29, 0.717) is 16.3 Å². The summed E-state index contributed by atoms with van der Waals surface area (Å²) in [5, 5.41) is 4.99. The Kier molecular flexibility index (Phi) is 4.59. The van der Waals surface area contributed by atoms with Crippen molar-refractivity contribution in [2.45, 2.75) is 19.4 Å². The minimum absolute atomic E-state index is 0.00202. The van der Waals surface area contributed by atoms with E-state index in [9.17, 15) is 14.4 Å². The van der Waals surface area contributed by atoms with Crippen LogP contribution in [0.5, 0.6) is 0 Å². The Morgan fingerprint density at radius 1 is 1.03 bits per heavy atom. The highest BCUT2D eigenvalue weighted by atomic mass is 35.5. The van der Waals surface area contributed by atoms with Gasteiger partial charge in [-0.3, -0.25) is 14.5 Å². The lowest BCUT2D eigenvalue weighted by molar-refractivity contribution is -0.125.